The van der Waals surface area contributed by atoms with E-state index in [2.05, 4.69) is 27.0 Å². The van der Waals surface area contributed by atoms with Gasteiger partial charge >= 0.3 is 0 Å². The third-order valence-corrected chi connectivity index (χ3v) is 7.35. The number of rotatable bonds is 7. The zero-order valence-electron chi connectivity index (χ0n) is 20.0. The highest BCUT2D eigenvalue weighted by atomic mass is 32.2. The molecule has 9 heteroatoms. The number of carbonyl (C=O) groups is 1. The van der Waals surface area contributed by atoms with Gasteiger partial charge < -0.3 is 9.80 Å². The summed E-state index contributed by atoms with van der Waals surface area (Å²) in [5, 5.41) is 9.54. The molecule has 0 unspecified atom stereocenters. The van der Waals surface area contributed by atoms with Gasteiger partial charge in [0, 0.05) is 61.1 Å². The molecule has 4 aromatic rings. The molecule has 0 atom stereocenters. The van der Waals surface area contributed by atoms with Gasteiger partial charge in [-0.05, 0) is 54.6 Å². The van der Waals surface area contributed by atoms with Crippen molar-refractivity contribution in [3.63, 3.8) is 0 Å². The Morgan fingerprint density at radius 1 is 0.944 bits per heavy atom. The number of amides is 1. The molecular weight excluding hydrogens is 475 g/mol. The number of pyridine rings is 1. The first-order valence-electron chi connectivity index (χ1n) is 12.0. The molecule has 36 heavy (non-hydrogen) atoms. The summed E-state index contributed by atoms with van der Waals surface area (Å²) in [6, 6.07) is 17.7. The average molecular weight is 503 g/mol. The topological polar surface area (TPSA) is 67.2 Å². The van der Waals surface area contributed by atoms with E-state index < -0.39 is 0 Å². The van der Waals surface area contributed by atoms with Gasteiger partial charge in [-0.3, -0.25) is 14.3 Å². The van der Waals surface area contributed by atoms with Gasteiger partial charge in [-0.25, -0.2) is 4.39 Å². The van der Waals surface area contributed by atoms with Crippen molar-refractivity contribution in [1.82, 2.24) is 29.5 Å². The number of piperazine rings is 1. The Morgan fingerprint density at radius 3 is 2.39 bits per heavy atom. The summed E-state index contributed by atoms with van der Waals surface area (Å²) in [4.78, 5) is 21.7. The molecule has 1 aliphatic heterocycles. The normalized spacial score (nSPS) is 14.2. The molecule has 0 N–H and O–H groups in total. The van der Waals surface area contributed by atoms with Crippen LogP contribution in [0.25, 0.3) is 17.1 Å². The molecule has 1 saturated heterocycles. The molecule has 2 aromatic heterocycles. The summed E-state index contributed by atoms with van der Waals surface area (Å²) in [5.74, 6) is 0.953. The van der Waals surface area contributed by atoms with Crippen LogP contribution in [-0.4, -0.2) is 68.2 Å². The van der Waals surface area contributed by atoms with E-state index >= 15 is 0 Å². The highest BCUT2D eigenvalue weighted by molar-refractivity contribution is 7.98. The fourth-order valence-electron chi connectivity index (χ4n) is 4.31. The smallest absolute Gasteiger partial charge is 0.254 e. The summed E-state index contributed by atoms with van der Waals surface area (Å²) in [6.07, 6.45) is 3.40. The molecule has 7 nitrogen and oxygen atoms in total. The maximum absolute atomic E-state index is 13.6. The molecule has 0 saturated carbocycles. The lowest BCUT2D eigenvalue weighted by Gasteiger charge is -2.34. The van der Waals surface area contributed by atoms with Crippen molar-refractivity contribution in [3.8, 4) is 17.1 Å². The summed E-state index contributed by atoms with van der Waals surface area (Å²) < 4.78 is 15.6. The summed E-state index contributed by atoms with van der Waals surface area (Å²) in [5.41, 5.74) is 3.28. The first-order chi connectivity index (χ1) is 17.6. The van der Waals surface area contributed by atoms with Crippen molar-refractivity contribution < 1.29 is 9.18 Å². The summed E-state index contributed by atoms with van der Waals surface area (Å²) in [7, 11) is 0. The molecule has 1 fully saturated rings. The third-order valence-electron chi connectivity index (χ3n) is 6.37. The van der Waals surface area contributed by atoms with Crippen LogP contribution in [0.15, 0.2) is 78.2 Å². The molecular formula is C27H27FN6OS. The van der Waals surface area contributed by atoms with Crippen LogP contribution in [0.4, 0.5) is 4.39 Å². The first-order valence-corrected chi connectivity index (χ1v) is 13.0. The molecule has 1 amide bonds. The molecule has 0 aliphatic carbocycles. The predicted octanol–water partition coefficient (Wildman–Crippen LogP) is 4.54. The van der Waals surface area contributed by atoms with Crippen molar-refractivity contribution in [3.05, 3.63) is 90.0 Å². The minimum Gasteiger partial charge on any atom is -0.336 e. The van der Waals surface area contributed by atoms with Crippen LogP contribution >= 0.6 is 11.8 Å². The molecule has 3 heterocycles. The van der Waals surface area contributed by atoms with Crippen molar-refractivity contribution in [2.24, 2.45) is 0 Å². The van der Waals surface area contributed by atoms with Crippen LogP contribution < -0.4 is 0 Å². The molecule has 184 valence electrons. The van der Waals surface area contributed by atoms with E-state index in [9.17, 15) is 9.18 Å². The molecule has 0 spiro atoms. The fourth-order valence-corrected chi connectivity index (χ4v) is 5.26. The number of halogens is 1. The van der Waals surface area contributed by atoms with Crippen LogP contribution in [0.1, 0.15) is 22.8 Å². The lowest BCUT2D eigenvalue weighted by atomic mass is 10.1. The standard InChI is InChI=1S/C27H27FN6OS/c1-2-32-15-17-33(18-16-32)26(35)24-6-4-3-5-21(24)19-36-27-31-30-25(20-11-13-29-14-12-20)34(27)23-9-7-22(28)8-10-23/h3-14H,2,15-19H2,1H3. The molecule has 0 radical (unpaired) electrons. The van der Waals surface area contributed by atoms with Crippen molar-refractivity contribution in [1.29, 1.82) is 0 Å². The van der Waals surface area contributed by atoms with E-state index in [1.165, 1.54) is 23.9 Å². The Morgan fingerprint density at radius 2 is 1.67 bits per heavy atom. The third kappa shape index (κ3) is 5.17. The van der Waals surface area contributed by atoms with Gasteiger partial charge in [-0.1, -0.05) is 36.9 Å². The Kier molecular flexibility index (Phi) is 7.39. The Hall–Kier alpha value is -3.56. The number of aromatic nitrogens is 4. The Labute approximate surface area is 214 Å². The van der Waals surface area contributed by atoms with Crippen LogP contribution in [-0.2, 0) is 5.75 Å². The van der Waals surface area contributed by atoms with Crippen LogP contribution in [0.2, 0.25) is 0 Å². The largest absolute Gasteiger partial charge is 0.336 e. The minimum absolute atomic E-state index is 0.0689. The maximum Gasteiger partial charge on any atom is 0.254 e. The second kappa shape index (κ2) is 11.0. The minimum atomic E-state index is -0.307. The van der Waals surface area contributed by atoms with Crippen LogP contribution in [0, 0.1) is 5.82 Å². The number of thioether (sulfide) groups is 1. The maximum atomic E-state index is 13.6. The lowest BCUT2D eigenvalue weighted by Crippen LogP contribution is -2.48. The zero-order chi connectivity index (χ0) is 24.9. The summed E-state index contributed by atoms with van der Waals surface area (Å²) >= 11 is 1.50. The van der Waals surface area contributed by atoms with Crippen LogP contribution in [0.5, 0.6) is 0 Å². The number of nitrogens with zero attached hydrogens (tertiary/aromatic N) is 6. The van der Waals surface area contributed by atoms with E-state index in [1.807, 2.05) is 45.9 Å². The monoisotopic (exact) mass is 502 g/mol. The molecule has 5 rings (SSSR count). The van der Waals surface area contributed by atoms with Crippen molar-refractivity contribution in [2.75, 3.05) is 32.7 Å². The number of hydrogen-bond donors (Lipinski definition) is 0. The lowest BCUT2D eigenvalue weighted by molar-refractivity contribution is 0.0642. The Balaban J connectivity index is 1.41. The van der Waals surface area contributed by atoms with Gasteiger partial charge in [0.1, 0.15) is 5.82 Å². The Bertz CT molecular complexity index is 1320. The van der Waals surface area contributed by atoms with E-state index in [1.54, 1.807) is 24.5 Å². The number of carbonyl (C=O) groups excluding carboxylic acids is 1. The zero-order valence-corrected chi connectivity index (χ0v) is 20.9. The van der Waals surface area contributed by atoms with Gasteiger partial charge in [0.15, 0.2) is 11.0 Å². The number of hydrogen-bond acceptors (Lipinski definition) is 6. The second-order valence-electron chi connectivity index (χ2n) is 8.53. The van der Waals surface area contributed by atoms with Crippen molar-refractivity contribution in [2.45, 2.75) is 17.8 Å². The van der Waals surface area contributed by atoms with E-state index in [4.69, 9.17) is 0 Å². The first kappa shape index (κ1) is 24.1. The van der Waals surface area contributed by atoms with Crippen LogP contribution in [0.3, 0.4) is 0 Å². The SMILES string of the molecule is CCN1CCN(C(=O)c2ccccc2CSc2nnc(-c3ccncc3)n2-c2ccc(F)cc2)CC1. The number of benzene rings is 2. The van der Waals surface area contributed by atoms with Crippen molar-refractivity contribution >= 4 is 17.7 Å². The highest BCUT2D eigenvalue weighted by Gasteiger charge is 2.24. The van der Waals surface area contributed by atoms with E-state index in [-0.39, 0.29) is 11.7 Å². The van der Waals surface area contributed by atoms with Gasteiger partial charge in [0.25, 0.3) is 5.91 Å². The highest BCUT2D eigenvalue weighted by Crippen LogP contribution is 2.30. The predicted molar refractivity (Wildman–Crippen MR) is 139 cm³/mol. The quantitative estimate of drug-likeness (QED) is 0.346. The van der Waals surface area contributed by atoms with Gasteiger partial charge in [0.2, 0.25) is 0 Å². The summed E-state index contributed by atoms with van der Waals surface area (Å²) in [6.45, 7) is 6.43. The van der Waals surface area contributed by atoms with Gasteiger partial charge in [-0.15, -0.1) is 10.2 Å². The fraction of sp³-hybridized carbons (Fsp3) is 0.259. The molecule has 0 bridgehead atoms. The van der Waals surface area contributed by atoms with E-state index in [0.29, 0.717) is 16.7 Å². The van der Waals surface area contributed by atoms with Gasteiger partial charge in [-0.2, -0.15) is 0 Å². The van der Waals surface area contributed by atoms with E-state index in [0.717, 1.165) is 55.1 Å². The number of likely N-dealkylation sites (N-methyl/N-ethyl adjacent to an activating group) is 1. The average Bonchev–Trinajstić information content (AvgIpc) is 3.36. The molecule has 2 aromatic carbocycles. The second-order valence-corrected chi connectivity index (χ2v) is 9.47. The van der Waals surface area contributed by atoms with Gasteiger partial charge in [0.05, 0.1) is 0 Å². The molecule has 1 aliphatic rings.